The number of fused-ring (bicyclic) bond motifs is 10. The van der Waals surface area contributed by atoms with E-state index >= 15 is 0 Å². The van der Waals surface area contributed by atoms with Gasteiger partial charge in [-0.05, 0) is 117 Å². The van der Waals surface area contributed by atoms with Gasteiger partial charge >= 0.3 is 0 Å². The highest BCUT2D eigenvalue weighted by Gasteiger charge is 2.63. The number of aliphatic hydroxyl groups is 1. The van der Waals surface area contributed by atoms with Gasteiger partial charge in [-0.2, -0.15) is 0 Å². The van der Waals surface area contributed by atoms with E-state index in [0.29, 0.717) is 60.1 Å². The highest BCUT2D eigenvalue weighted by Crippen LogP contribution is 2.66. The first-order valence-corrected chi connectivity index (χ1v) is 17.5. The molecule has 0 radical (unpaired) electrons. The number of Topliss-reactive ketones (excluding diaryl/α,β-unsaturated/α-hetero) is 3. The van der Waals surface area contributed by atoms with E-state index < -0.39 is 11.2 Å². The number of ketones is 5. The van der Waals surface area contributed by atoms with Crippen LogP contribution in [0.25, 0.3) is 0 Å². The van der Waals surface area contributed by atoms with Gasteiger partial charge in [-0.25, -0.2) is 0 Å². The molecule has 1 N–H and O–H groups in total. The van der Waals surface area contributed by atoms with Crippen LogP contribution in [0.3, 0.4) is 0 Å². The van der Waals surface area contributed by atoms with Crippen molar-refractivity contribution in [1.82, 2.24) is 0 Å². The maximum absolute atomic E-state index is 12.7. The van der Waals surface area contributed by atoms with Crippen LogP contribution in [0.4, 0.5) is 0 Å². The zero-order chi connectivity index (χ0) is 31.4. The number of allylic oxidation sites excluding steroid dienone is 3. The van der Waals surface area contributed by atoms with E-state index in [2.05, 4.69) is 20.8 Å². The lowest BCUT2D eigenvalue weighted by molar-refractivity contribution is -0.156. The largest absolute Gasteiger partial charge is 0.512 e. The summed E-state index contributed by atoms with van der Waals surface area (Å²) in [6.45, 7) is 8.72. The molecule has 6 saturated carbocycles. The van der Waals surface area contributed by atoms with Crippen molar-refractivity contribution in [2.75, 3.05) is 0 Å². The SMILES string of the molecule is C[C@@]12CCC[C@H]1[C@@H]1CCC3C(O)=CC(=O)C(=O)[C@]3(C)[C@H]1CC2.C[C@]12CCC(=O)C=C1C(=O)C[C@@H]1[C@@H]2CC[C@]2(C)C(=O)CC[C@@H]12. The van der Waals surface area contributed by atoms with Crippen LogP contribution in [0.15, 0.2) is 23.5 Å². The molecule has 11 atom stereocenters. The lowest BCUT2D eigenvalue weighted by Gasteiger charge is -2.57. The second-order valence-electron chi connectivity index (χ2n) is 17.0. The Bertz CT molecular complexity index is 1400. The van der Waals surface area contributed by atoms with Crippen LogP contribution >= 0.6 is 0 Å². The molecule has 8 rings (SSSR count). The molecule has 8 aliphatic rings. The number of hydrogen-bond donors (Lipinski definition) is 1. The Kier molecular flexibility index (Phi) is 6.93. The molecule has 6 fully saturated rings. The third kappa shape index (κ3) is 4.06. The topological polar surface area (TPSA) is 106 Å². The molecule has 0 aromatic carbocycles. The van der Waals surface area contributed by atoms with Crippen LogP contribution in [-0.4, -0.2) is 34.0 Å². The summed E-state index contributed by atoms with van der Waals surface area (Å²) in [5, 5.41) is 10.3. The van der Waals surface area contributed by atoms with Crippen molar-refractivity contribution in [3.05, 3.63) is 23.5 Å². The fourth-order valence-corrected chi connectivity index (χ4v) is 12.9. The first-order chi connectivity index (χ1) is 20.7. The van der Waals surface area contributed by atoms with Gasteiger partial charge in [0.15, 0.2) is 11.6 Å². The van der Waals surface area contributed by atoms with Crippen LogP contribution in [0.1, 0.15) is 118 Å². The van der Waals surface area contributed by atoms with Gasteiger partial charge in [0.05, 0.1) is 0 Å². The molecule has 44 heavy (non-hydrogen) atoms. The zero-order valence-electron chi connectivity index (χ0n) is 27.1. The molecular formula is C38H50O6. The minimum absolute atomic E-state index is 0.107. The summed E-state index contributed by atoms with van der Waals surface area (Å²) in [5.41, 5.74) is 0.245. The Hall–Kier alpha value is -2.37. The summed E-state index contributed by atoms with van der Waals surface area (Å²) in [5.74, 6) is 2.70. The van der Waals surface area contributed by atoms with Crippen LogP contribution in [0, 0.1) is 63.1 Å². The smallest absolute Gasteiger partial charge is 0.225 e. The minimum atomic E-state index is -0.664. The average Bonchev–Trinajstić information content (AvgIpc) is 3.52. The summed E-state index contributed by atoms with van der Waals surface area (Å²) in [4.78, 5) is 61.6. The molecule has 0 amide bonds. The molecular weight excluding hydrogens is 552 g/mol. The third-order valence-electron chi connectivity index (χ3n) is 15.3. The van der Waals surface area contributed by atoms with Crippen LogP contribution < -0.4 is 0 Å². The molecule has 8 aliphatic carbocycles. The van der Waals surface area contributed by atoms with Gasteiger partial charge in [-0.3, -0.25) is 24.0 Å². The van der Waals surface area contributed by atoms with Crippen LogP contribution in [0.2, 0.25) is 0 Å². The van der Waals surface area contributed by atoms with Crippen molar-refractivity contribution in [2.24, 2.45) is 63.1 Å². The number of aliphatic hydroxyl groups excluding tert-OH is 1. The molecule has 0 spiro atoms. The Morgan fingerprint density at radius 2 is 1.41 bits per heavy atom. The number of carbonyl (C=O) groups excluding carboxylic acids is 5. The highest BCUT2D eigenvalue weighted by molar-refractivity contribution is 6.44. The normalized spacial score (nSPS) is 49.3. The van der Waals surface area contributed by atoms with Crippen molar-refractivity contribution in [3.8, 4) is 0 Å². The molecule has 1 unspecified atom stereocenters. The lowest BCUT2D eigenvalue weighted by Crippen LogP contribution is -2.57. The maximum Gasteiger partial charge on any atom is 0.225 e. The van der Waals surface area contributed by atoms with Gasteiger partial charge in [-0.1, -0.05) is 34.1 Å². The molecule has 6 heteroatoms. The summed E-state index contributed by atoms with van der Waals surface area (Å²) >= 11 is 0. The quantitative estimate of drug-likeness (QED) is 0.297. The first kappa shape index (κ1) is 30.3. The molecule has 0 aromatic heterocycles. The number of hydrogen-bond acceptors (Lipinski definition) is 6. The van der Waals surface area contributed by atoms with E-state index in [4.69, 9.17) is 0 Å². The Morgan fingerprint density at radius 3 is 2.18 bits per heavy atom. The Morgan fingerprint density at radius 1 is 0.682 bits per heavy atom. The molecule has 0 aliphatic heterocycles. The average molecular weight is 603 g/mol. The Labute approximate surface area is 261 Å². The number of rotatable bonds is 0. The van der Waals surface area contributed by atoms with E-state index in [9.17, 15) is 29.1 Å². The molecule has 6 nitrogen and oxygen atoms in total. The van der Waals surface area contributed by atoms with E-state index in [1.165, 1.54) is 31.8 Å². The zero-order valence-corrected chi connectivity index (χ0v) is 27.1. The summed E-state index contributed by atoms with van der Waals surface area (Å²) < 4.78 is 0. The van der Waals surface area contributed by atoms with E-state index in [1.54, 1.807) is 6.08 Å². The van der Waals surface area contributed by atoms with Gasteiger partial charge in [0.25, 0.3) is 0 Å². The fraction of sp³-hybridized carbons (Fsp3) is 0.763. The van der Waals surface area contributed by atoms with Gasteiger partial charge in [-0.15, -0.1) is 0 Å². The molecule has 0 bridgehead atoms. The van der Waals surface area contributed by atoms with E-state index in [-0.39, 0.29) is 45.8 Å². The van der Waals surface area contributed by atoms with Gasteiger partial charge in [0, 0.05) is 47.7 Å². The van der Waals surface area contributed by atoms with Crippen molar-refractivity contribution in [1.29, 1.82) is 0 Å². The minimum Gasteiger partial charge on any atom is -0.512 e. The van der Waals surface area contributed by atoms with Gasteiger partial charge in [0.1, 0.15) is 11.5 Å². The van der Waals surface area contributed by atoms with E-state index in [0.717, 1.165) is 50.5 Å². The molecule has 0 heterocycles. The van der Waals surface area contributed by atoms with Crippen LogP contribution in [0.5, 0.6) is 0 Å². The lowest BCUT2D eigenvalue weighted by atomic mass is 9.45. The second-order valence-corrected chi connectivity index (χ2v) is 17.0. The third-order valence-corrected chi connectivity index (χ3v) is 15.3. The summed E-state index contributed by atoms with van der Waals surface area (Å²) in [6.07, 6.45) is 16.4. The number of carbonyl (C=O) groups is 5. The predicted molar refractivity (Wildman–Crippen MR) is 165 cm³/mol. The van der Waals surface area contributed by atoms with Crippen molar-refractivity contribution in [3.63, 3.8) is 0 Å². The monoisotopic (exact) mass is 602 g/mol. The maximum atomic E-state index is 12.7. The Balaban J connectivity index is 0.000000142. The highest BCUT2D eigenvalue weighted by atomic mass is 16.3. The molecule has 238 valence electrons. The standard InChI is InChI=1S/C19H24O3.C19H26O3/c1-18-7-5-11(20)9-15(18)16(21)10-12-13-3-4-17(22)19(13,2)8-6-14(12)18;1-18-8-3-4-12(18)11-5-6-14-15(20)10-16(21)17(22)19(14,2)13(11)7-9-18/h9,12-14H,3-8,10H2,1-2H3;10-14,20H,3-9H2,1-2H3/t12-,13-,14-,18+,19-;11-,12-,13-,14?,18-,19+/m00/s1. The van der Waals surface area contributed by atoms with Crippen LogP contribution in [-0.2, 0) is 24.0 Å². The van der Waals surface area contributed by atoms with E-state index in [1.807, 2.05) is 6.92 Å². The summed E-state index contributed by atoms with van der Waals surface area (Å²) in [6, 6.07) is 0. The molecule has 0 saturated heterocycles. The fourth-order valence-electron chi connectivity index (χ4n) is 12.9. The van der Waals surface area contributed by atoms with Gasteiger partial charge < -0.3 is 5.11 Å². The van der Waals surface area contributed by atoms with Gasteiger partial charge in [0.2, 0.25) is 11.6 Å². The van der Waals surface area contributed by atoms with Crippen molar-refractivity contribution < 1.29 is 29.1 Å². The first-order valence-electron chi connectivity index (χ1n) is 17.5. The second kappa shape index (κ2) is 10.1. The molecule has 0 aromatic rings. The van der Waals surface area contributed by atoms with Crippen molar-refractivity contribution >= 4 is 28.9 Å². The predicted octanol–water partition coefficient (Wildman–Crippen LogP) is 7.10. The summed E-state index contributed by atoms with van der Waals surface area (Å²) in [7, 11) is 0. The van der Waals surface area contributed by atoms with Crippen molar-refractivity contribution in [2.45, 2.75) is 118 Å².